The number of hydrogen-bond acceptors (Lipinski definition) is 2. The number of hydrogen-bond donors (Lipinski definition) is 1. The number of carbonyl (C=O) groups is 2. The zero-order valence-electron chi connectivity index (χ0n) is 9.45. The van der Waals surface area contributed by atoms with Gasteiger partial charge in [0.15, 0.2) is 0 Å². The van der Waals surface area contributed by atoms with Crippen LogP contribution in [0.4, 0.5) is 4.79 Å². The van der Waals surface area contributed by atoms with Crippen LogP contribution < -0.4 is 5.32 Å². The highest BCUT2D eigenvalue weighted by atomic mass is 16.2. The second-order valence-corrected chi connectivity index (χ2v) is 3.67. The summed E-state index contributed by atoms with van der Waals surface area (Å²) >= 11 is 0. The van der Waals surface area contributed by atoms with Crippen LogP contribution in [-0.4, -0.2) is 48.0 Å². The van der Waals surface area contributed by atoms with Gasteiger partial charge in [-0.05, 0) is 13.3 Å². The summed E-state index contributed by atoms with van der Waals surface area (Å²) < 4.78 is 0. The molecule has 0 radical (unpaired) electrons. The monoisotopic (exact) mass is 213 g/mol. The van der Waals surface area contributed by atoms with Crippen LogP contribution in [-0.2, 0) is 4.79 Å². The highest BCUT2D eigenvalue weighted by Crippen LogP contribution is 2.05. The first kappa shape index (κ1) is 11.8. The maximum Gasteiger partial charge on any atom is 0.319 e. The average Bonchev–Trinajstić information content (AvgIpc) is 2.60. The van der Waals surface area contributed by atoms with E-state index in [1.165, 1.54) is 0 Å². The minimum Gasteiger partial charge on any atom is -0.338 e. The third kappa shape index (κ3) is 3.11. The predicted molar refractivity (Wildman–Crippen MR) is 57.3 cm³/mol. The molecule has 1 rings (SSSR count). The van der Waals surface area contributed by atoms with Crippen molar-refractivity contribution in [3.8, 4) is 0 Å². The van der Waals surface area contributed by atoms with Crippen LogP contribution in [0.2, 0.25) is 0 Å². The molecule has 0 atom stereocenters. The van der Waals surface area contributed by atoms with E-state index < -0.39 is 0 Å². The molecule has 1 aliphatic rings. The molecule has 1 fully saturated rings. The second-order valence-electron chi connectivity index (χ2n) is 3.67. The molecule has 0 unspecified atom stereocenters. The lowest BCUT2D eigenvalue weighted by Crippen LogP contribution is -2.39. The molecule has 1 N–H and O–H groups in total. The number of carbonyl (C=O) groups excluding carboxylic acids is 2. The number of amides is 3. The van der Waals surface area contributed by atoms with E-state index in [-0.39, 0.29) is 18.5 Å². The quantitative estimate of drug-likeness (QED) is 0.696. The van der Waals surface area contributed by atoms with E-state index in [0.717, 1.165) is 12.8 Å². The van der Waals surface area contributed by atoms with E-state index in [9.17, 15) is 9.59 Å². The van der Waals surface area contributed by atoms with E-state index in [4.69, 9.17) is 0 Å². The number of rotatable bonds is 4. The molecule has 1 aliphatic heterocycles. The smallest absolute Gasteiger partial charge is 0.319 e. The van der Waals surface area contributed by atoms with Gasteiger partial charge in [0, 0.05) is 13.1 Å². The lowest BCUT2D eigenvalue weighted by molar-refractivity contribution is -0.126. The van der Waals surface area contributed by atoms with Crippen molar-refractivity contribution in [2.75, 3.05) is 26.3 Å². The maximum atomic E-state index is 11.6. The molecule has 0 bridgehead atoms. The van der Waals surface area contributed by atoms with Crippen LogP contribution in [0.25, 0.3) is 0 Å². The Kier molecular flexibility index (Phi) is 4.39. The highest BCUT2D eigenvalue weighted by molar-refractivity contribution is 5.87. The Bertz CT molecular complexity index is 243. The van der Waals surface area contributed by atoms with Gasteiger partial charge in [0.2, 0.25) is 5.91 Å². The fourth-order valence-corrected chi connectivity index (χ4v) is 1.49. The summed E-state index contributed by atoms with van der Waals surface area (Å²) in [6, 6.07) is -0.132. The van der Waals surface area contributed by atoms with Gasteiger partial charge in [0.05, 0.1) is 6.67 Å². The minimum absolute atomic E-state index is 0.0307. The summed E-state index contributed by atoms with van der Waals surface area (Å²) in [4.78, 5) is 26.1. The van der Waals surface area contributed by atoms with Gasteiger partial charge in [-0.2, -0.15) is 0 Å². The van der Waals surface area contributed by atoms with E-state index >= 15 is 0 Å². The van der Waals surface area contributed by atoms with Crippen LogP contribution in [0.15, 0.2) is 0 Å². The third-order valence-electron chi connectivity index (χ3n) is 2.50. The van der Waals surface area contributed by atoms with Gasteiger partial charge in [-0.1, -0.05) is 13.3 Å². The van der Waals surface area contributed by atoms with Gasteiger partial charge in [-0.3, -0.25) is 9.69 Å². The molecule has 0 saturated carbocycles. The molecule has 3 amide bonds. The first-order valence-electron chi connectivity index (χ1n) is 5.49. The Morgan fingerprint density at radius 2 is 2.20 bits per heavy atom. The summed E-state index contributed by atoms with van der Waals surface area (Å²) in [5.74, 6) is 0.0307. The number of urea groups is 1. The number of unbranched alkanes of at least 4 members (excludes halogenated alkanes) is 1. The molecule has 15 heavy (non-hydrogen) atoms. The fourth-order valence-electron chi connectivity index (χ4n) is 1.49. The Hall–Kier alpha value is -1.26. The van der Waals surface area contributed by atoms with Crippen LogP contribution in [0, 0.1) is 0 Å². The van der Waals surface area contributed by atoms with E-state index in [2.05, 4.69) is 12.2 Å². The van der Waals surface area contributed by atoms with Crippen molar-refractivity contribution in [3.05, 3.63) is 0 Å². The van der Waals surface area contributed by atoms with Crippen LogP contribution >= 0.6 is 0 Å². The molecule has 86 valence electrons. The first-order valence-corrected chi connectivity index (χ1v) is 5.49. The molecule has 0 spiro atoms. The molecule has 5 heteroatoms. The van der Waals surface area contributed by atoms with Crippen molar-refractivity contribution in [2.24, 2.45) is 0 Å². The third-order valence-corrected chi connectivity index (χ3v) is 2.50. The first-order chi connectivity index (χ1) is 7.19. The van der Waals surface area contributed by atoms with Crippen LogP contribution in [0.1, 0.15) is 26.7 Å². The normalized spacial score (nSPS) is 16.0. The van der Waals surface area contributed by atoms with Crippen molar-refractivity contribution < 1.29 is 9.59 Å². The van der Waals surface area contributed by atoms with Crippen molar-refractivity contribution >= 4 is 11.9 Å². The van der Waals surface area contributed by atoms with Gasteiger partial charge in [0.25, 0.3) is 0 Å². The Morgan fingerprint density at radius 1 is 1.47 bits per heavy atom. The number of nitrogens with one attached hydrogen (secondary N) is 1. The van der Waals surface area contributed by atoms with Gasteiger partial charge in [-0.25, -0.2) is 4.79 Å². The second kappa shape index (κ2) is 5.58. The van der Waals surface area contributed by atoms with Crippen molar-refractivity contribution in [1.82, 2.24) is 15.1 Å². The fraction of sp³-hybridized carbons (Fsp3) is 0.800. The number of likely N-dealkylation sites (N-methyl/N-ethyl adjacent to an activating group) is 1. The maximum absolute atomic E-state index is 11.6. The predicted octanol–water partition coefficient (Wildman–Crippen LogP) is 0.618. The van der Waals surface area contributed by atoms with Crippen molar-refractivity contribution in [1.29, 1.82) is 0 Å². The Morgan fingerprint density at radius 3 is 2.73 bits per heavy atom. The molecule has 0 aromatic carbocycles. The topological polar surface area (TPSA) is 52.7 Å². The summed E-state index contributed by atoms with van der Waals surface area (Å²) in [6.45, 7) is 5.98. The van der Waals surface area contributed by atoms with Gasteiger partial charge in [0.1, 0.15) is 6.54 Å². The van der Waals surface area contributed by atoms with Gasteiger partial charge < -0.3 is 10.2 Å². The van der Waals surface area contributed by atoms with Crippen LogP contribution in [0.5, 0.6) is 0 Å². The van der Waals surface area contributed by atoms with E-state index in [0.29, 0.717) is 19.8 Å². The van der Waals surface area contributed by atoms with Crippen molar-refractivity contribution in [3.63, 3.8) is 0 Å². The molecule has 5 nitrogen and oxygen atoms in total. The molecular formula is C10H19N3O2. The summed E-state index contributed by atoms with van der Waals surface area (Å²) in [5.41, 5.74) is 0. The summed E-state index contributed by atoms with van der Waals surface area (Å²) in [7, 11) is 0. The molecule has 0 aliphatic carbocycles. The highest BCUT2D eigenvalue weighted by Gasteiger charge is 2.29. The standard InChI is InChI=1S/C10H19N3O2/c1-3-5-6-11-10(15)13-7-9(14)12(4-2)8-13/h3-8H2,1-2H3,(H,11,15). The van der Waals surface area contributed by atoms with E-state index in [1.807, 2.05) is 6.92 Å². The Labute approximate surface area is 90.4 Å². The molecule has 1 heterocycles. The molecule has 0 aromatic rings. The lowest BCUT2D eigenvalue weighted by Gasteiger charge is -2.17. The summed E-state index contributed by atoms with van der Waals surface area (Å²) in [6.07, 6.45) is 2.03. The zero-order chi connectivity index (χ0) is 11.3. The number of nitrogens with zero attached hydrogens (tertiary/aromatic N) is 2. The Balaban J connectivity index is 2.32. The summed E-state index contributed by atoms with van der Waals surface area (Å²) in [5, 5.41) is 2.80. The van der Waals surface area contributed by atoms with Gasteiger partial charge in [-0.15, -0.1) is 0 Å². The molecule has 1 saturated heterocycles. The average molecular weight is 213 g/mol. The molecular weight excluding hydrogens is 194 g/mol. The van der Waals surface area contributed by atoms with E-state index in [1.54, 1.807) is 9.80 Å². The molecule has 0 aromatic heterocycles. The lowest BCUT2D eigenvalue weighted by atomic mass is 10.3. The largest absolute Gasteiger partial charge is 0.338 e. The SMILES string of the molecule is CCCCNC(=O)N1CC(=O)N(CC)C1. The minimum atomic E-state index is -0.132. The van der Waals surface area contributed by atoms with Crippen LogP contribution in [0.3, 0.4) is 0 Å². The van der Waals surface area contributed by atoms with Gasteiger partial charge >= 0.3 is 6.03 Å². The van der Waals surface area contributed by atoms with Crippen molar-refractivity contribution in [2.45, 2.75) is 26.7 Å². The zero-order valence-corrected chi connectivity index (χ0v) is 9.45.